The molecule has 0 fully saturated rings. The second kappa shape index (κ2) is 6.12. The van der Waals surface area contributed by atoms with Gasteiger partial charge in [0.1, 0.15) is 6.07 Å². The summed E-state index contributed by atoms with van der Waals surface area (Å²) in [5, 5.41) is 8.98. The molecule has 0 spiro atoms. The molecule has 1 aromatic heterocycles. The third-order valence-electron chi connectivity index (χ3n) is 3.34. The molecule has 0 bridgehead atoms. The highest BCUT2D eigenvalue weighted by molar-refractivity contribution is 7.89. The third kappa shape index (κ3) is 3.32. The number of hydrogen-bond donors (Lipinski definition) is 1. The smallest absolute Gasteiger partial charge is 0.241 e. The van der Waals surface area contributed by atoms with Gasteiger partial charge in [0.05, 0.1) is 10.5 Å². The molecular formula is C15H17N3O2S. The fourth-order valence-electron chi connectivity index (χ4n) is 2.21. The van der Waals surface area contributed by atoms with E-state index in [9.17, 15) is 8.42 Å². The second-order valence-corrected chi connectivity index (χ2v) is 6.51. The van der Waals surface area contributed by atoms with Crippen LogP contribution in [-0.4, -0.2) is 19.5 Å². The van der Waals surface area contributed by atoms with Gasteiger partial charge in [0.25, 0.3) is 0 Å². The lowest BCUT2D eigenvalue weighted by Crippen LogP contribution is -2.28. The van der Waals surface area contributed by atoms with Gasteiger partial charge in [-0.25, -0.2) is 13.1 Å². The molecule has 1 aromatic carbocycles. The third-order valence-corrected chi connectivity index (χ3v) is 4.86. The number of rotatable bonds is 5. The minimum absolute atomic E-state index is 0.0217. The van der Waals surface area contributed by atoms with Gasteiger partial charge in [0.15, 0.2) is 0 Å². The lowest BCUT2D eigenvalue weighted by atomic mass is 10.2. The van der Waals surface area contributed by atoms with E-state index in [1.807, 2.05) is 36.6 Å². The summed E-state index contributed by atoms with van der Waals surface area (Å²) in [5.74, 6) is 0. The monoisotopic (exact) mass is 303 g/mol. The minimum Gasteiger partial charge on any atom is -0.348 e. The summed E-state index contributed by atoms with van der Waals surface area (Å²) in [5.41, 5.74) is 2.33. The van der Waals surface area contributed by atoms with Crippen molar-refractivity contribution in [2.75, 3.05) is 6.54 Å². The summed E-state index contributed by atoms with van der Waals surface area (Å²) in [7, 11) is -3.67. The van der Waals surface area contributed by atoms with Crippen molar-refractivity contribution in [2.45, 2.75) is 25.3 Å². The summed E-state index contributed by atoms with van der Waals surface area (Å²) in [6, 6.07) is 12.1. The Balaban J connectivity index is 2.11. The average molecular weight is 303 g/mol. The molecule has 2 aromatic rings. The Morgan fingerprint density at radius 2 is 1.76 bits per heavy atom. The molecule has 1 N–H and O–H groups in total. The summed E-state index contributed by atoms with van der Waals surface area (Å²) >= 11 is 0. The van der Waals surface area contributed by atoms with Gasteiger partial charge in [-0.15, -0.1) is 0 Å². The number of hydrogen-bond acceptors (Lipinski definition) is 3. The zero-order valence-electron chi connectivity index (χ0n) is 12.0. The van der Waals surface area contributed by atoms with Gasteiger partial charge in [-0.05, 0) is 38.1 Å². The van der Waals surface area contributed by atoms with E-state index in [1.165, 1.54) is 12.1 Å². The Labute approximate surface area is 124 Å². The quantitative estimate of drug-likeness (QED) is 0.917. The van der Waals surface area contributed by atoms with Crippen LogP contribution < -0.4 is 4.72 Å². The SMILES string of the molecule is Cc1ccc(C)n1CCNS(=O)(=O)c1ccccc1C#N. The first kappa shape index (κ1) is 15.3. The number of benzene rings is 1. The van der Waals surface area contributed by atoms with E-state index in [0.29, 0.717) is 6.54 Å². The van der Waals surface area contributed by atoms with Crippen LogP contribution in [0.1, 0.15) is 17.0 Å². The number of aryl methyl sites for hydroxylation is 2. The molecule has 1 heterocycles. The fraction of sp³-hybridized carbons (Fsp3) is 0.267. The first-order valence-electron chi connectivity index (χ1n) is 6.57. The summed E-state index contributed by atoms with van der Waals surface area (Å²) < 4.78 is 29.1. The van der Waals surface area contributed by atoms with Crippen LogP contribution in [0.2, 0.25) is 0 Å². The van der Waals surface area contributed by atoms with Gasteiger partial charge in [0.2, 0.25) is 10.0 Å². The Bertz CT molecular complexity index is 766. The number of nitriles is 1. The van der Waals surface area contributed by atoms with Crippen molar-refractivity contribution in [1.82, 2.24) is 9.29 Å². The van der Waals surface area contributed by atoms with Crippen LogP contribution in [0.3, 0.4) is 0 Å². The molecule has 21 heavy (non-hydrogen) atoms. The van der Waals surface area contributed by atoms with Crippen molar-refractivity contribution in [2.24, 2.45) is 0 Å². The highest BCUT2D eigenvalue weighted by Gasteiger charge is 2.17. The summed E-state index contributed by atoms with van der Waals surface area (Å²) in [6.07, 6.45) is 0. The molecule has 0 radical (unpaired) electrons. The highest BCUT2D eigenvalue weighted by atomic mass is 32.2. The second-order valence-electron chi connectivity index (χ2n) is 4.77. The molecule has 0 aliphatic rings. The molecular weight excluding hydrogens is 286 g/mol. The molecule has 0 aliphatic heterocycles. The topological polar surface area (TPSA) is 74.9 Å². The first-order valence-corrected chi connectivity index (χ1v) is 8.05. The van der Waals surface area contributed by atoms with Crippen LogP contribution in [0.4, 0.5) is 0 Å². The molecule has 0 saturated heterocycles. The molecule has 110 valence electrons. The lowest BCUT2D eigenvalue weighted by Gasteiger charge is -2.11. The van der Waals surface area contributed by atoms with Crippen LogP contribution in [0.25, 0.3) is 0 Å². The van der Waals surface area contributed by atoms with Gasteiger partial charge in [-0.2, -0.15) is 5.26 Å². The predicted molar refractivity (Wildman–Crippen MR) is 80.3 cm³/mol. The molecule has 0 atom stereocenters. The maximum atomic E-state index is 12.2. The Morgan fingerprint density at radius 1 is 1.14 bits per heavy atom. The van der Waals surface area contributed by atoms with Crippen LogP contribution in [0.15, 0.2) is 41.3 Å². The number of nitrogens with one attached hydrogen (secondary N) is 1. The average Bonchev–Trinajstić information content (AvgIpc) is 2.79. The molecule has 0 aliphatic carbocycles. The molecule has 6 heteroatoms. The highest BCUT2D eigenvalue weighted by Crippen LogP contribution is 2.14. The van der Waals surface area contributed by atoms with Crippen molar-refractivity contribution in [3.8, 4) is 6.07 Å². The van der Waals surface area contributed by atoms with Crippen molar-refractivity contribution in [3.05, 3.63) is 53.3 Å². The van der Waals surface area contributed by atoms with Crippen LogP contribution in [0, 0.1) is 25.2 Å². The predicted octanol–water partition coefficient (Wildman–Crippen LogP) is 1.96. The molecule has 0 unspecified atom stereocenters. The van der Waals surface area contributed by atoms with Crippen molar-refractivity contribution in [1.29, 1.82) is 5.26 Å². The normalized spacial score (nSPS) is 11.3. The van der Waals surface area contributed by atoms with E-state index in [-0.39, 0.29) is 17.0 Å². The fourth-order valence-corrected chi connectivity index (χ4v) is 3.39. The maximum absolute atomic E-state index is 12.2. The maximum Gasteiger partial charge on any atom is 0.241 e. The van der Waals surface area contributed by atoms with E-state index in [0.717, 1.165) is 11.4 Å². The number of aromatic nitrogens is 1. The van der Waals surface area contributed by atoms with Crippen molar-refractivity contribution in [3.63, 3.8) is 0 Å². The number of sulfonamides is 1. The molecule has 0 saturated carbocycles. The summed E-state index contributed by atoms with van der Waals surface area (Å²) in [4.78, 5) is 0.0217. The van der Waals surface area contributed by atoms with E-state index in [1.54, 1.807) is 12.1 Å². The molecule has 0 amide bonds. The molecule has 2 rings (SSSR count). The lowest BCUT2D eigenvalue weighted by molar-refractivity contribution is 0.569. The van der Waals surface area contributed by atoms with Gasteiger partial charge in [0, 0.05) is 24.5 Å². The Hall–Kier alpha value is -2.10. The standard InChI is InChI=1S/C15H17N3O2S/c1-12-7-8-13(2)18(12)10-9-17-21(19,20)15-6-4-3-5-14(15)11-16/h3-8,17H,9-10H2,1-2H3. The van der Waals surface area contributed by atoms with E-state index < -0.39 is 10.0 Å². The summed E-state index contributed by atoms with van der Waals surface area (Å²) in [6.45, 7) is 4.79. The molecule has 5 nitrogen and oxygen atoms in total. The zero-order chi connectivity index (χ0) is 15.5. The van der Waals surface area contributed by atoms with Crippen LogP contribution in [-0.2, 0) is 16.6 Å². The van der Waals surface area contributed by atoms with Gasteiger partial charge in [-0.1, -0.05) is 12.1 Å². The number of nitrogens with zero attached hydrogens (tertiary/aromatic N) is 2. The van der Waals surface area contributed by atoms with Crippen molar-refractivity contribution < 1.29 is 8.42 Å². The van der Waals surface area contributed by atoms with E-state index in [4.69, 9.17) is 5.26 Å². The Kier molecular flexibility index (Phi) is 4.46. The zero-order valence-corrected chi connectivity index (χ0v) is 12.8. The van der Waals surface area contributed by atoms with E-state index >= 15 is 0 Å². The van der Waals surface area contributed by atoms with Crippen molar-refractivity contribution >= 4 is 10.0 Å². The largest absolute Gasteiger partial charge is 0.348 e. The van der Waals surface area contributed by atoms with Crippen LogP contribution in [0.5, 0.6) is 0 Å². The van der Waals surface area contributed by atoms with Gasteiger partial charge >= 0.3 is 0 Å². The first-order chi connectivity index (χ1) is 9.95. The van der Waals surface area contributed by atoms with Gasteiger partial charge < -0.3 is 4.57 Å². The Morgan fingerprint density at radius 3 is 2.38 bits per heavy atom. The van der Waals surface area contributed by atoms with Gasteiger partial charge in [-0.3, -0.25) is 0 Å². The van der Waals surface area contributed by atoms with E-state index in [2.05, 4.69) is 4.72 Å². The minimum atomic E-state index is -3.67. The van der Waals surface area contributed by atoms with Crippen LogP contribution >= 0.6 is 0 Å².